The summed E-state index contributed by atoms with van der Waals surface area (Å²) in [5, 5.41) is 4.58. The van der Waals surface area contributed by atoms with E-state index in [1.165, 1.54) is 7.11 Å². The molecular formula is C31H32N2O6. The second-order valence-corrected chi connectivity index (χ2v) is 9.38. The summed E-state index contributed by atoms with van der Waals surface area (Å²) in [5.41, 5.74) is 6.21. The maximum atomic E-state index is 12.6. The quantitative estimate of drug-likeness (QED) is 0.300. The standard InChI is InChI=1S/C31H32N2O6/c1-4-39-30(34)22-10-6-5-9-20(22)17-38-18-21-15-19(13-14-27(21)36-2)28-29-24(16-26(33-28)31(35)37-3)23-11-7-8-12-25(23)32-29/h5-15,26,28,32-33H,4,16-18H2,1-3H3/t26-,28-/m1/s1. The van der Waals surface area contributed by atoms with Gasteiger partial charge in [-0.2, -0.15) is 0 Å². The Bertz CT molecular complexity index is 1490. The Balaban J connectivity index is 1.43. The van der Waals surface area contributed by atoms with Crippen molar-refractivity contribution < 1.29 is 28.5 Å². The van der Waals surface area contributed by atoms with Gasteiger partial charge in [0.1, 0.15) is 11.8 Å². The number of hydrogen-bond donors (Lipinski definition) is 2. The second kappa shape index (κ2) is 11.7. The first-order valence-corrected chi connectivity index (χ1v) is 13.0. The van der Waals surface area contributed by atoms with Crippen LogP contribution < -0.4 is 10.1 Å². The van der Waals surface area contributed by atoms with E-state index >= 15 is 0 Å². The number of para-hydroxylation sites is 1. The van der Waals surface area contributed by atoms with Crippen LogP contribution in [0.1, 0.15) is 51.3 Å². The summed E-state index contributed by atoms with van der Waals surface area (Å²) in [6, 6.07) is 20.6. The molecule has 0 amide bonds. The number of methoxy groups -OCH3 is 2. The zero-order valence-electron chi connectivity index (χ0n) is 22.3. The molecule has 4 aromatic rings. The van der Waals surface area contributed by atoms with E-state index in [4.69, 9.17) is 18.9 Å². The van der Waals surface area contributed by atoms with Crippen LogP contribution in [0.25, 0.3) is 10.9 Å². The van der Waals surface area contributed by atoms with Gasteiger partial charge in [0.2, 0.25) is 0 Å². The Morgan fingerprint density at radius 2 is 1.72 bits per heavy atom. The first-order chi connectivity index (χ1) is 19.0. The Kier molecular flexibility index (Phi) is 7.95. The van der Waals surface area contributed by atoms with E-state index in [9.17, 15) is 9.59 Å². The molecule has 8 heteroatoms. The zero-order chi connectivity index (χ0) is 27.4. The van der Waals surface area contributed by atoms with Crippen molar-refractivity contribution in [3.63, 3.8) is 0 Å². The van der Waals surface area contributed by atoms with E-state index in [0.717, 1.165) is 38.9 Å². The van der Waals surface area contributed by atoms with Gasteiger partial charge in [0.25, 0.3) is 0 Å². The van der Waals surface area contributed by atoms with Gasteiger partial charge in [-0.15, -0.1) is 0 Å². The maximum Gasteiger partial charge on any atom is 0.338 e. The summed E-state index contributed by atoms with van der Waals surface area (Å²) in [6.45, 7) is 2.59. The number of fused-ring (bicyclic) bond motifs is 3. The van der Waals surface area contributed by atoms with Crippen LogP contribution in [0.5, 0.6) is 5.75 Å². The molecule has 0 fully saturated rings. The lowest BCUT2D eigenvalue weighted by atomic mass is 9.89. The SMILES string of the molecule is CCOC(=O)c1ccccc1COCc1cc([C@H]2N[C@@H](C(=O)OC)Cc3c2[nH]c2ccccc32)ccc1OC. The lowest BCUT2D eigenvalue weighted by molar-refractivity contribution is -0.143. The molecular weight excluding hydrogens is 496 g/mol. The molecule has 202 valence electrons. The van der Waals surface area contributed by atoms with Gasteiger partial charge in [0.15, 0.2) is 0 Å². The Labute approximate surface area is 227 Å². The van der Waals surface area contributed by atoms with Crippen molar-refractivity contribution in [1.29, 1.82) is 0 Å². The van der Waals surface area contributed by atoms with Crippen LogP contribution in [0.2, 0.25) is 0 Å². The highest BCUT2D eigenvalue weighted by Crippen LogP contribution is 2.37. The Morgan fingerprint density at radius 1 is 0.949 bits per heavy atom. The lowest BCUT2D eigenvalue weighted by Gasteiger charge is -2.30. The Hall–Kier alpha value is -4.14. The Morgan fingerprint density at radius 3 is 2.51 bits per heavy atom. The zero-order valence-corrected chi connectivity index (χ0v) is 22.3. The number of benzene rings is 3. The molecule has 5 rings (SSSR count). The molecule has 2 atom stereocenters. The van der Waals surface area contributed by atoms with Crippen LogP contribution in [-0.2, 0) is 38.6 Å². The van der Waals surface area contributed by atoms with Gasteiger partial charge in [-0.3, -0.25) is 10.1 Å². The van der Waals surface area contributed by atoms with Gasteiger partial charge in [-0.05, 0) is 47.9 Å². The van der Waals surface area contributed by atoms with Crippen LogP contribution >= 0.6 is 0 Å². The minimum absolute atomic E-state index is 0.237. The number of hydrogen-bond acceptors (Lipinski definition) is 7. The third-order valence-electron chi connectivity index (χ3n) is 7.06. The number of carbonyl (C=O) groups excluding carboxylic acids is 2. The average Bonchev–Trinajstić information content (AvgIpc) is 3.35. The summed E-state index contributed by atoms with van der Waals surface area (Å²) in [5.74, 6) is 0.0249. The van der Waals surface area contributed by atoms with Crippen molar-refractivity contribution in [2.24, 2.45) is 0 Å². The van der Waals surface area contributed by atoms with Crippen molar-refractivity contribution in [3.8, 4) is 5.75 Å². The highest BCUT2D eigenvalue weighted by molar-refractivity contribution is 5.91. The summed E-state index contributed by atoms with van der Waals surface area (Å²) in [4.78, 5) is 28.5. The van der Waals surface area contributed by atoms with Crippen LogP contribution in [-0.4, -0.2) is 43.8 Å². The van der Waals surface area contributed by atoms with Crippen LogP contribution in [0.15, 0.2) is 66.7 Å². The highest BCUT2D eigenvalue weighted by atomic mass is 16.5. The smallest absolute Gasteiger partial charge is 0.338 e. The minimum atomic E-state index is -0.479. The van der Waals surface area contributed by atoms with Crippen molar-refractivity contribution in [2.75, 3.05) is 20.8 Å². The van der Waals surface area contributed by atoms with Crippen molar-refractivity contribution in [2.45, 2.75) is 38.6 Å². The van der Waals surface area contributed by atoms with Gasteiger partial charge < -0.3 is 23.9 Å². The predicted molar refractivity (Wildman–Crippen MR) is 147 cm³/mol. The normalized spacial score (nSPS) is 16.5. The van der Waals surface area contributed by atoms with Gasteiger partial charge in [-0.1, -0.05) is 42.5 Å². The lowest BCUT2D eigenvalue weighted by Crippen LogP contribution is -2.45. The van der Waals surface area contributed by atoms with E-state index in [-0.39, 0.29) is 31.2 Å². The third kappa shape index (κ3) is 5.39. The van der Waals surface area contributed by atoms with Crippen LogP contribution in [0.3, 0.4) is 0 Å². The van der Waals surface area contributed by atoms with Gasteiger partial charge in [0, 0.05) is 28.6 Å². The number of aromatic amines is 1. The second-order valence-electron chi connectivity index (χ2n) is 9.38. The molecule has 0 saturated heterocycles. The maximum absolute atomic E-state index is 12.6. The van der Waals surface area contributed by atoms with Gasteiger partial charge >= 0.3 is 11.9 Å². The molecule has 0 aliphatic carbocycles. The molecule has 0 unspecified atom stereocenters. The number of nitrogens with one attached hydrogen (secondary N) is 2. The molecule has 3 aromatic carbocycles. The molecule has 1 aliphatic rings. The van der Waals surface area contributed by atoms with Crippen molar-refractivity contribution >= 4 is 22.8 Å². The molecule has 1 aliphatic heterocycles. The molecule has 39 heavy (non-hydrogen) atoms. The third-order valence-corrected chi connectivity index (χ3v) is 7.06. The van der Waals surface area contributed by atoms with Gasteiger partial charge in [-0.25, -0.2) is 4.79 Å². The summed E-state index contributed by atoms with van der Waals surface area (Å²) in [6.07, 6.45) is 0.536. The number of esters is 2. The van der Waals surface area contributed by atoms with E-state index in [1.807, 2.05) is 48.5 Å². The fourth-order valence-electron chi connectivity index (χ4n) is 5.21. The van der Waals surface area contributed by atoms with Crippen LogP contribution in [0, 0.1) is 0 Å². The number of aromatic nitrogens is 1. The predicted octanol–water partition coefficient (Wildman–Crippen LogP) is 4.85. The first kappa shape index (κ1) is 26.5. The fraction of sp³-hybridized carbons (Fsp3) is 0.290. The molecule has 0 radical (unpaired) electrons. The number of H-pyrrole nitrogens is 1. The van der Waals surface area contributed by atoms with Crippen molar-refractivity contribution in [3.05, 3.63) is 100 Å². The molecule has 8 nitrogen and oxygen atoms in total. The average molecular weight is 529 g/mol. The molecule has 2 heterocycles. The van der Waals surface area contributed by atoms with E-state index in [0.29, 0.717) is 24.3 Å². The van der Waals surface area contributed by atoms with Crippen molar-refractivity contribution in [1.82, 2.24) is 10.3 Å². The molecule has 0 saturated carbocycles. The van der Waals surface area contributed by atoms with Crippen LogP contribution in [0.4, 0.5) is 0 Å². The van der Waals surface area contributed by atoms with Gasteiger partial charge in [0.05, 0.1) is 45.6 Å². The first-order valence-electron chi connectivity index (χ1n) is 13.0. The number of ether oxygens (including phenoxy) is 4. The fourth-order valence-corrected chi connectivity index (χ4v) is 5.21. The summed E-state index contributed by atoms with van der Waals surface area (Å²) < 4.78 is 22.0. The molecule has 0 bridgehead atoms. The molecule has 0 spiro atoms. The highest BCUT2D eigenvalue weighted by Gasteiger charge is 2.34. The topological polar surface area (TPSA) is 98.9 Å². The molecule has 1 aromatic heterocycles. The van der Waals surface area contributed by atoms with E-state index < -0.39 is 6.04 Å². The minimum Gasteiger partial charge on any atom is -0.496 e. The molecule has 2 N–H and O–H groups in total. The largest absolute Gasteiger partial charge is 0.496 e. The monoisotopic (exact) mass is 528 g/mol. The number of carbonyl (C=O) groups is 2. The van der Waals surface area contributed by atoms with E-state index in [1.54, 1.807) is 26.2 Å². The summed E-state index contributed by atoms with van der Waals surface area (Å²) in [7, 11) is 3.03. The summed E-state index contributed by atoms with van der Waals surface area (Å²) >= 11 is 0. The van der Waals surface area contributed by atoms with E-state index in [2.05, 4.69) is 16.4 Å². The number of rotatable bonds is 9.